The highest BCUT2D eigenvalue weighted by Crippen LogP contribution is 2.44. The minimum Gasteiger partial charge on any atom is -0.359 e. The Morgan fingerprint density at radius 3 is 2.58 bits per heavy atom. The molecule has 0 radical (unpaired) electrons. The van der Waals surface area contributed by atoms with Crippen molar-refractivity contribution in [3.05, 3.63) is 64.6 Å². The molecule has 3 heterocycles. The summed E-state index contributed by atoms with van der Waals surface area (Å²) in [6.07, 6.45) is 0.962. The summed E-state index contributed by atoms with van der Waals surface area (Å²) in [7, 11) is 1.53. The first-order valence-corrected chi connectivity index (χ1v) is 14.1. The van der Waals surface area contributed by atoms with Gasteiger partial charge in [0.15, 0.2) is 0 Å². The first kappa shape index (κ1) is 28.3. The highest BCUT2D eigenvalue weighted by molar-refractivity contribution is 7.99. The van der Waals surface area contributed by atoms with Gasteiger partial charge in [-0.25, -0.2) is 13.6 Å². The molecule has 0 N–H and O–H groups in total. The topological polar surface area (TPSA) is 76.9 Å². The average molecular weight is 571 g/mol. The van der Waals surface area contributed by atoms with Gasteiger partial charge in [0, 0.05) is 65.5 Å². The Hall–Kier alpha value is -3.28. The minimum atomic E-state index is -0.676. The lowest BCUT2D eigenvalue weighted by molar-refractivity contribution is -0.130. The normalized spacial score (nSPS) is 21.0. The summed E-state index contributed by atoms with van der Waals surface area (Å²) in [5, 5.41) is 0.751. The van der Waals surface area contributed by atoms with Gasteiger partial charge in [-0.2, -0.15) is 4.98 Å². The molecule has 1 saturated heterocycles. The maximum Gasteiger partial charge on any atom is 0.350 e. The number of aryl methyl sites for hydroxylation is 1. The fourth-order valence-corrected chi connectivity index (χ4v) is 7.16. The monoisotopic (exact) mass is 570 g/mol. The molecule has 40 heavy (non-hydrogen) atoms. The van der Waals surface area contributed by atoms with Crippen LogP contribution in [-0.2, 0) is 20.8 Å². The number of carbonyl (C=O) groups is 1. The number of thioether (sulfide) groups is 1. The fraction of sp³-hybridized carbons (Fsp3) is 0.414. The molecule has 1 unspecified atom stereocenters. The van der Waals surface area contributed by atoms with Crippen molar-refractivity contribution in [1.29, 1.82) is 0 Å². The summed E-state index contributed by atoms with van der Waals surface area (Å²) in [6, 6.07) is 5.18. The van der Waals surface area contributed by atoms with Crippen molar-refractivity contribution in [3.63, 3.8) is 0 Å². The molecule has 2 aromatic carbocycles. The van der Waals surface area contributed by atoms with E-state index in [1.807, 2.05) is 31.7 Å². The molecule has 0 saturated carbocycles. The van der Waals surface area contributed by atoms with Crippen molar-refractivity contribution in [1.82, 2.24) is 14.5 Å². The molecule has 0 spiro atoms. The van der Waals surface area contributed by atoms with E-state index in [0.29, 0.717) is 40.6 Å². The summed E-state index contributed by atoms with van der Waals surface area (Å²) in [5.41, 5.74) is 1.83. The number of benzene rings is 2. The smallest absolute Gasteiger partial charge is 0.350 e. The van der Waals surface area contributed by atoms with Gasteiger partial charge in [0.2, 0.25) is 5.91 Å². The number of carbonyl (C=O) groups excluding carboxylic acids is 1. The van der Waals surface area contributed by atoms with Gasteiger partial charge in [-0.05, 0) is 50.6 Å². The molecule has 3 aromatic rings. The first-order valence-electron chi connectivity index (χ1n) is 13.1. The van der Waals surface area contributed by atoms with E-state index in [-0.39, 0.29) is 43.0 Å². The Morgan fingerprint density at radius 1 is 1.20 bits per heavy atom. The molecule has 8 nitrogen and oxygen atoms in total. The quantitative estimate of drug-likeness (QED) is 0.322. The van der Waals surface area contributed by atoms with E-state index in [0.717, 1.165) is 17.0 Å². The molecule has 5 rings (SSSR count). The third-order valence-electron chi connectivity index (χ3n) is 7.47. The first-order chi connectivity index (χ1) is 19.1. The molecule has 1 fully saturated rings. The average Bonchev–Trinajstić information content (AvgIpc) is 3.10. The number of hydrogen-bond donors (Lipinski definition) is 0. The number of piperazine rings is 1. The van der Waals surface area contributed by atoms with Crippen LogP contribution < -0.4 is 10.6 Å². The summed E-state index contributed by atoms with van der Waals surface area (Å²) in [5.74, 6) is -0.462. The highest BCUT2D eigenvalue weighted by Gasteiger charge is 2.35. The molecule has 0 aliphatic carbocycles. The van der Waals surface area contributed by atoms with Crippen LogP contribution in [0.1, 0.15) is 19.4 Å². The maximum absolute atomic E-state index is 15.1. The van der Waals surface area contributed by atoms with Crippen molar-refractivity contribution in [3.8, 4) is 11.1 Å². The van der Waals surface area contributed by atoms with Gasteiger partial charge in [-0.1, -0.05) is 6.58 Å². The van der Waals surface area contributed by atoms with Crippen LogP contribution in [0.25, 0.3) is 22.0 Å². The minimum absolute atomic E-state index is 0.0624. The number of methoxy groups -OCH3 is 1. The van der Waals surface area contributed by atoms with Crippen LogP contribution >= 0.6 is 11.8 Å². The van der Waals surface area contributed by atoms with Crippen LogP contribution in [-0.4, -0.2) is 71.3 Å². The van der Waals surface area contributed by atoms with Crippen LogP contribution in [0, 0.1) is 18.6 Å². The van der Waals surface area contributed by atoms with Gasteiger partial charge < -0.3 is 19.3 Å². The Balaban J connectivity index is 1.72. The molecule has 1 aromatic heterocycles. The second-order valence-corrected chi connectivity index (χ2v) is 11.3. The molecular formula is C29H32F2N4O4S. The molecule has 11 heteroatoms. The summed E-state index contributed by atoms with van der Waals surface area (Å²) in [4.78, 5) is 35.2. The Morgan fingerprint density at radius 2 is 1.93 bits per heavy atom. The third-order valence-corrected chi connectivity index (χ3v) is 8.69. The number of aromatic nitrogens is 2. The third kappa shape index (κ3) is 5.02. The van der Waals surface area contributed by atoms with E-state index in [1.54, 1.807) is 9.47 Å². The lowest BCUT2D eigenvalue weighted by atomic mass is 9.97. The summed E-state index contributed by atoms with van der Waals surface area (Å²) >= 11 is 1.47. The van der Waals surface area contributed by atoms with Gasteiger partial charge in [0.05, 0.1) is 18.2 Å². The van der Waals surface area contributed by atoms with Crippen molar-refractivity contribution in [2.75, 3.05) is 37.6 Å². The second kappa shape index (κ2) is 11.3. The molecule has 2 aliphatic heterocycles. The molecule has 2 aliphatic rings. The van der Waals surface area contributed by atoms with Gasteiger partial charge in [-0.3, -0.25) is 9.36 Å². The number of amides is 1. The van der Waals surface area contributed by atoms with E-state index >= 15 is 4.39 Å². The summed E-state index contributed by atoms with van der Waals surface area (Å²) < 4.78 is 41.5. The van der Waals surface area contributed by atoms with E-state index < -0.39 is 17.3 Å². The van der Waals surface area contributed by atoms with Gasteiger partial charge in [0.1, 0.15) is 24.2 Å². The zero-order valence-corrected chi connectivity index (χ0v) is 23.8. The maximum atomic E-state index is 15.1. The predicted molar refractivity (Wildman–Crippen MR) is 152 cm³/mol. The van der Waals surface area contributed by atoms with E-state index in [4.69, 9.17) is 9.47 Å². The highest BCUT2D eigenvalue weighted by atomic mass is 32.2. The van der Waals surface area contributed by atoms with E-state index in [2.05, 4.69) is 11.6 Å². The molecule has 1 amide bonds. The van der Waals surface area contributed by atoms with Crippen LogP contribution in [0.2, 0.25) is 0 Å². The molecule has 0 bridgehead atoms. The van der Waals surface area contributed by atoms with Crippen LogP contribution in [0.3, 0.4) is 0 Å². The Bertz CT molecular complexity index is 1530. The molecule has 212 valence electrons. The lowest BCUT2D eigenvalue weighted by Gasteiger charge is -2.44. The number of anilines is 1. The number of ether oxygens (including phenoxy) is 2. The lowest BCUT2D eigenvalue weighted by Crippen LogP contribution is -2.58. The molecule has 3 atom stereocenters. The van der Waals surface area contributed by atoms with Crippen molar-refractivity contribution >= 4 is 34.4 Å². The number of nitrogens with zero attached hydrogens (tertiary/aromatic N) is 4. The zero-order chi connectivity index (χ0) is 28.7. The van der Waals surface area contributed by atoms with E-state index in [9.17, 15) is 14.0 Å². The Kier molecular flexibility index (Phi) is 7.98. The van der Waals surface area contributed by atoms with Gasteiger partial charge in [0.25, 0.3) is 0 Å². The van der Waals surface area contributed by atoms with Crippen LogP contribution in [0.4, 0.5) is 14.6 Å². The van der Waals surface area contributed by atoms with Crippen LogP contribution in [0.5, 0.6) is 0 Å². The predicted octanol–water partition coefficient (Wildman–Crippen LogP) is 4.36. The molecular weight excluding hydrogens is 538 g/mol. The largest absolute Gasteiger partial charge is 0.359 e. The second-order valence-electron chi connectivity index (χ2n) is 10.3. The zero-order valence-electron chi connectivity index (χ0n) is 22.9. The number of rotatable bonds is 6. The van der Waals surface area contributed by atoms with Crippen molar-refractivity contribution < 1.29 is 23.0 Å². The standard InChI is InChI=1S/C29H32F2N4O4S/c1-6-24(36)35-17(3)11-33(12-18(35)4)28-22-9-16(2)25(21-8-7-19(30)10-23(21)31)27-26(22)34(29(37)32-28)13-20(14-40-27)39-15-38-5/h6-10,17-18,20H,1,11-15H2,2-5H3/t17-,18+,20?. The van der Waals surface area contributed by atoms with E-state index in [1.165, 1.54) is 37.1 Å². The number of hydrogen-bond acceptors (Lipinski definition) is 7. The summed E-state index contributed by atoms with van der Waals surface area (Å²) in [6.45, 7) is 10.7. The Labute approximate surface area is 235 Å². The van der Waals surface area contributed by atoms with Crippen molar-refractivity contribution in [2.24, 2.45) is 0 Å². The van der Waals surface area contributed by atoms with Gasteiger partial charge in [-0.15, -0.1) is 11.8 Å². The fourth-order valence-electron chi connectivity index (χ4n) is 5.83. The van der Waals surface area contributed by atoms with Gasteiger partial charge >= 0.3 is 5.69 Å². The van der Waals surface area contributed by atoms with Crippen molar-refractivity contribution in [2.45, 2.75) is 50.4 Å². The number of halogens is 2. The van der Waals surface area contributed by atoms with Crippen LogP contribution in [0.15, 0.2) is 46.6 Å². The SMILES string of the molecule is C=CC(=O)N1[C@H](C)CN(c2nc(=O)n3c4c(c(-c5ccc(F)cc5F)c(C)cc24)SCC(OCOC)C3)C[C@@H]1C.